The molecule has 0 aliphatic heterocycles. The topological polar surface area (TPSA) is 184 Å². The first-order valence-corrected chi connectivity index (χ1v) is 54.4. The Hall–Kier alpha value is -3.71. The maximum absolute atomic E-state index is 12.8. The minimum atomic E-state index is -0.371. The summed E-state index contributed by atoms with van der Waals surface area (Å²) >= 11 is 0. The SMILES string of the molecule is CCC(C)(C)C(=O)OC(C)(C)C1CCCCC1.CCC(C)(C)C(=O)OC(C)(C1CCCCC1)C1CCCCC1.CCC(C)(C)C(=O)OC1(C)CCC23CC1C(C)(C)C2CCC3C.CCC(C)(C)C(=O)OC1(C)CCCCC1.CCC(C)(C)C(=O)OC1(C)CCCCCC1.CCC(C)(C)C(=O)OC1(C)CCCCCCC1.CCC(C)(C)C(=O)OC1(C)CCCCCCCCC1. The van der Waals surface area contributed by atoms with Gasteiger partial charge in [0.2, 0.25) is 0 Å². The van der Waals surface area contributed by atoms with E-state index < -0.39 is 0 Å². The second-order valence-electron chi connectivity index (χ2n) is 50.4. The molecule has 14 nitrogen and oxygen atoms in total. The zero-order valence-corrected chi connectivity index (χ0v) is 90.9. The Morgan fingerprint density at radius 3 is 0.744 bits per heavy atom. The molecule has 10 rings (SSSR count). The van der Waals surface area contributed by atoms with Gasteiger partial charge in [-0.25, -0.2) is 0 Å². The third kappa shape index (κ3) is 35.0. The molecule has 10 aliphatic rings. The van der Waals surface area contributed by atoms with Gasteiger partial charge in [0.05, 0.1) is 37.9 Å². The molecule has 10 saturated carbocycles. The lowest BCUT2D eigenvalue weighted by molar-refractivity contribution is -0.187. The van der Waals surface area contributed by atoms with Crippen molar-refractivity contribution in [2.24, 2.45) is 84.2 Å². The maximum atomic E-state index is 12.8. The number of hydrogen-bond acceptors (Lipinski definition) is 14. The van der Waals surface area contributed by atoms with E-state index >= 15 is 0 Å². The molecule has 0 amide bonds. The van der Waals surface area contributed by atoms with E-state index in [0.29, 0.717) is 29.1 Å². The molecule has 10 fully saturated rings. The fourth-order valence-corrected chi connectivity index (χ4v) is 22.1. The van der Waals surface area contributed by atoms with Gasteiger partial charge in [-0.15, -0.1) is 0 Å². The summed E-state index contributed by atoms with van der Waals surface area (Å²) in [6.07, 6.45) is 63.5. The van der Waals surface area contributed by atoms with Crippen LogP contribution in [0.1, 0.15) is 568 Å². The molecule has 0 N–H and O–H groups in total. The van der Waals surface area contributed by atoms with Gasteiger partial charge in [-0.2, -0.15) is 0 Å². The molecular formula is C115H210O14. The molecule has 0 heterocycles. The van der Waals surface area contributed by atoms with Crippen molar-refractivity contribution in [1.82, 2.24) is 0 Å². The van der Waals surface area contributed by atoms with Gasteiger partial charge in [0.25, 0.3) is 0 Å². The molecule has 754 valence electrons. The first kappa shape index (κ1) is 118. The van der Waals surface area contributed by atoms with E-state index in [4.69, 9.17) is 33.2 Å². The molecule has 0 radical (unpaired) electrons. The van der Waals surface area contributed by atoms with Gasteiger partial charge < -0.3 is 33.2 Å². The zero-order chi connectivity index (χ0) is 97.6. The van der Waals surface area contributed by atoms with Crippen LogP contribution < -0.4 is 0 Å². The van der Waals surface area contributed by atoms with Gasteiger partial charge in [0.15, 0.2) is 0 Å². The molecule has 0 aromatic rings. The van der Waals surface area contributed by atoms with Crippen LogP contribution in [0.5, 0.6) is 0 Å². The summed E-state index contributed by atoms with van der Waals surface area (Å²) < 4.78 is 41.6. The maximum Gasteiger partial charge on any atom is 0.312 e. The first-order valence-electron chi connectivity index (χ1n) is 54.4. The fourth-order valence-electron chi connectivity index (χ4n) is 22.1. The van der Waals surface area contributed by atoms with Crippen molar-refractivity contribution >= 4 is 41.8 Å². The standard InChI is InChI=1S/C21H36O2.C20H36O2.C17H32O2.2C15H28O2.C14H26O2.C13H24O2/c1-8-18(3,4)17(22)23-20(7)11-12-21-13-16(20)19(5,6)15(21)10-9-14(21)2;1-5-19(2,3)18(21)22-20(4,16-12-8-6-9-13-16)17-14-10-7-11-15-17;1-5-16(2,3)15(18)19-17(4)13-11-9-7-6-8-10-12-14-17;1-6-14(2,3)13(16)17-15(4,5)12-10-8-7-9-11-12;1-5-14(2,3)13(16)17-15(4)11-9-7-6-8-10-12-15;1-5-13(2,3)12(15)16-14(4)10-8-6-7-9-11-14;1-5-12(2,3)11(14)15-13(4)9-7-6-8-10-13/h14-16H,8-13H2,1-7H3;16-17H,5-15H2,1-4H3;5-14H2,1-4H3;12H,6-11H2,1-5H3;5-12H2,1-4H3;5-11H2,1-4H3;5-10H2,1-4H3. The molecule has 2 bridgehead atoms. The molecular weight excluding hydrogens is 1610 g/mol. The Morgan fingerprint density at radius 1 is 0.248 bits per heavy atom. The van der Waals surface area contributed by atoms with E-state index in [1.165, 1.54) is 244 Å². The van der Waals surface area contributed by atoms with E-state index in [1.54, 1.807) is 0 Å². The van der Waals surface area contributed by atoms with Gasteiger partial charge in [0, 0.05) is 5.92 Å². The molecule has 10 aliphatic carbocycles. The van der Waals surface area contributed by atoms with Crippen molar-refractivity contribution in [2.75, 3.05) is 0 Å². The fraction of sp³-hybridized carbons (Fsp3) is 0.939. The molecule has 1 spiro atoms. The minimum absolute atomic E-state index is 0.000595. The predicted molar refractivity (Wildman–Crippen MR) is 535 cm³/mol. The van der Waals surface area contributed by atoms with Gasteiger partial charge in [0.1, 0.15) is 39.2 Å². The van der Waals surface area contributed by atoms with Crippen LogP contribution in [0.4, 0.5) is 0 Å². The molecule has 0 aromatic heterocycles. The van der Waals surface area contributed by atoms with Crippen LogP contribution in [0, 0.1) is 84.2 Å². The number of fused-ring (bicyclic) bond motifs is 1. The van der Waals surface area contributed by atoms with Crippen LogP contribution >= 0.6 is 0 Å². The van der Waals surface area contributed by atoms with Crippen molar-refractivity contribution < 1.29 is 66.7 Å². The van der Waals surface area contributed by atoms with Crippen LogP contribution in [0.25, 0.3) is 0 Å². The van der Waals surface area contributed by atoms with Crippen LogP contribution in [0.15, 0.2) is 0 Å². The average Bonchev–Trinajstić information content (AvgIpc) is 1.52. The highest BCUT2D eigenvalue weighted by atomic mass is 16.6. The van der Waals surface area contributed by atoms with E-state index in [-0.39, 0.29) is 124 Å². The van der Waals surface area contributed by atoms with Crippen LogP contribution in [-0.4, -0.2) is 81.0 Å². The lowest BCUT2D eigenvalue weighted by atomic mass is 9.64. The highest BCUT2D eigenvalue weighted by molar-refractivity contribution is 5.79. The summed E-state index contributed by atoms with van der Waals surface area (Å²) in [4.78, 5) is 86.1. The predicted octanol–water partition coefficient (Wildman–Crippen LogP) is 33.3. The summed E-state index contributed by atoms with van der Waals surface area (Å²) in [5.74, 6) is 3.71. The Kier molecular flexibility index (Phi) is 46.6. The summed E-state index contributed by atoms with van der Waals surface area (Å²) in [5, 5.41) is 0. The van der Waals surface area contributed by atoms with Crippen molar-refractivity contribution in [1.29, 1.82) is 0 Å². The Labute approximate surface area is 795 Å². The van der Waals surface area contributed by atoms with E-state index in [1.807, 2.05) is 125 Å². The van der Waals surface area contributed by atoms with Crippen molar-refractivity contribution in [3.8, 4) is 0 Å². The Balaban J connectivity index is 0.000000317. The van der Waals surface area contributed by atoms with Gasteiger partial charge in [-0.3, -0.25) is 33.6 Å². The van der Waals surface area contributed by atoms with Crippen molar-refractivity contribution in [3.05, 3.63) is 0 Å². The van der Waals surface area contributed by atoms with Crippen LogP contribution in [0.3, 0.4) is 0 Å². The lowest BCUT2D eigenvalue weighted by Crippen LogP contribution is -2.49. The zero-order valence-electron chi connectivity index (χ0n) is 90.9. The van der Waals surface area contributed by atoms with E-state index in [9.17, 15) is 33.6 Å². The first-order chi connectivity index (χ1) is 59.8. The van der Waals surface area contributed by atoms with Crippen molar-refractivity contribution in [3.63, 3.8) is 0 Å². The van der Waals surface area contributed by atoms with Crippen LogP contribution in [0.2, 0.25) is 0 Å². The normalized spacial score (nSPS) is 25.5. The third-order valence-corrected chi connectivity index (χ3v) is 36.0. The summed E-state index contributed by atoms with van der Waals surface area (Å²) in [6, 6.07) is 0. The highest BCUT2D eigenvalue weighted by Gasteiger charge is 2.69. The summed E-state index contributed by atoms with van der Waals surface area (Å²) in [7, 11) is 0. The largest absolute Gasteiger partial charge is 0.459 e. The molecule has 14 heteroatoms. The average molecular weight is 1820 g/mol. The van der Waals surface area contributed by atoms with E-state index in [0.717, 1.165) is 115 Å². The summed E-state index contributed by atoms with van der Waals surface area (Å²) in [5.41, 5.74) is -3.30. The summed E-state index contributed by atoms with van der Waals surface area (Å²) in [6.45, 7) is 66.6. The number of carbonyl (C=O) groups is 7. The smallest absolute Gasteiger partial charge is 0.312 e. The number of hydrogen-bond donors (Lipinski definition) is 0. The van der Waals surface area contributed by atoms with Crippen molar-refractivity contribution in [2.45, 2.75) is 607 Å². The molecule has 0 saturated heterocycles. The second-order valence-corrected chi connectivity index (χ2v) is 50.4. The minimum Gasteiger partial charge on any atom is -0.459 e. The number of esters is 7. The number of carbonyl (C=O) groups excluding carboxylic acids is 7. The van der Waals surface area contributed by atoms with Gasteiger partial charge in [-0.05, 0) is 411 Å². The number of ether oxygens (including phenoxy) is 7. The second kappa shape index (κ2) is 51.1. The molecule has 5 atom stereocenters. The Morgan fingerprint density at radius 2 is 0.473 bits per heavy atom. The quantitative estimate of drug-likeness (QED) is 0.0505. The Bertz CT molecular complexity index is 3260. The van der Waals surface area contributed by atoms with Crippen LogP contribution in [-0.2, 0) is 66.7 Å². The third-order valence-electron chi connectivity index (χ3n) is 36.0. The van der Waals surface area contributed by atoms with Gasteiger partial charge >= 0.3 is 41.8 Å². The molecule has 0 aromatic carbocycles. The highest BCUT2D eigenvalue weighted by Crippen LogP contribution is 2.74. The lowest BCUT2D eigenvalue weighted by Gasteiger charge is -2.47. The molecule has 129 heavy (non-hydrogen) atoms. The molecule has 5 unspecified atom stereocenters. The number of rotatable bonds is 24. The monoisotopic (exact) mass is 1820 g/mol. The van der Waals surface area contributed by atoms with E-state index in [2.05, 4.69) is 96.9 Å². The van der Waals surface area contributed by atoms with Gasteiger partial charge in [-0.1, -0.05) is 198 Å².